The van der Waals surface area contributed by atoms with Crippen molar-refractivity contribution in [3.05, 3.63) is 33.9 Å². The molecule has 0 spiro atoms. The molecular weight excluding hydrogens is 327 g/mol. The number of hydrogen-bond donors (Lipinski definition) is 2. The van der Waals surface area contributed by atoms with Gasteiger partial charge in [-0.2, -0.15) is 13.2 Å². The Kier molecular flexibility index (Phi) is 6.16. The number of amides is 1. The number of nitro benzene ring substituents is 1. The van der Waals surface area contributed by atoms with Crippen LogP contribution in [0, 0.1) is 15.5 Å². The van der Waals surface area contributed by atoms with E-state index in [2.05, 4.69) is 10.6 Å². The van der Waals surface area contributed by atoms with E-state index in [0.717, 1.165) is 12.1 Å². The summed E-state index contributed by atoms with van der Waals surface area (Å²) in [6, 6.07) is 2.27. The van der Waals surface area contributed by atoms with Crippen LogP contribution in [0.1, 0.15) is 32.8 Å². The monoisotopic (exact) mass is 347 g/mol. The quantitative estimate of drug-likeness (QED) is 0.468. The predicted octanol–water partition coefficient (Wildman–Crippen LogP) is 3.58. The number of nitrogens with one attached hydrogen (secondary N) is 2. The van der Waals surface area contributed by atoms with Crippen LogP contribution in [0.2, 0.25) is 0 Å². The summed E-state index contributed by atoms with van der Waals surface area (Å²) in [5, 5.41) is 16.2. The molecule has 0 aliphatic heterocycles. The Balaban J connectivity index is 2.65. The lowest BCUT2D eigenvalue weighted by molar-refractivity contribution is -0.384. The molecule has 0 saturated carbocycles. The standard InChI is InChI=1S/C15H20F3N3O3/c1-14(2,3)9-13(22)20-7-6-19-11-5-4-10(15(16,17)18)8-12(11)21(23)24/h4-5,8,19H,6-7,9H2,1-3H3,(H,20,22). The molecule has 9 heteroatoms. The third-order valence-corrected chi connectivity index (χ3v) is 2.98. The summed E-state index contributed by atoms with van der Waals surface area (Å²) in [6.45, 7) is 6.10. The smallest absolute Gasteiger partial charge is 0.378 e. The Morgan fingerprint density at radius 1 is 1.21 bits per heavy atom. The molecule has 134 valence electrons. The Bertz CT molecular complexity index is 610. The fraction of sp³-hybridized carbons (Fsp3) is 0.533. The van der Waals surface area contributed by atoms with E-state index >= 15 is 0 Å². The number of alkyl halides is 3. The van der Waals surface area contributed by atoms with Gasteiger partial charge in [-0.05, 0) is 17.5 Å². The van der Waals surface area contributed by atoms with Crippen LogP contribution in [0.15, 0.2) is 18.2 Å². The molecule has 0 radical (unpaired) electrons. The van der Waals surface area contributed by atoms with E-state index in [1.54, 1.807) is 0 Å². The van der Waals surface area contributed by atoms with Gasteiger partial charge in [0.05, 0.1) is 10.5 Å². The van der Waals surface area contributed by atoms with Crippen molar-refractivity contribution in [3.8, 4) is 0 Å². The number of halogens is 3. The molecule has 6 nitrogen and oxygen atoms in total. The van der Waals surface area contributed by atoms with E-state index < -0.39 is 22.4 Å². The molecule has 24 heavy (non-hydrogen) atoms. The summed E-state index contributed by atoms with van der Waals surface area (Å²) in [5.74, 6) is -0.161. The zero-order chi connectivity index (χ0) is 18.5. The lowest BCUT2D eigenvalue weighted by Crippen LogP contribution is -2.31. The van der Waals surface area contributed by atoms with Crippen molar-refractivity contribution in [1.29, 1.82) is 0 Å². The fourth-order valence-corrected chi connectivity index (χ4v) is 1.95. The fourth-order valence-electron chi connectivity index (χ4n) is 1.95. The van der Waals surface area contributed by atoms with E-state index in [1.807, 2.05) is 20.8 Å². The van der Waals surface area contributed by atoms with Gasteiger partial charge >= 0.3 is 6.18 Å². The molecule has 0 unspecified atom stereocenters. The Labute approximate surface area is 137 Å². The first-order valence-corrected chi connectivity index (χ1v) is 7.26. The van der Waals surface area contributed by atoms with E-state index in [1.165, 1.54) is 0 Å². The molecule has 1 aromatic rings. The number of nitro groups is 1. The van der Waals surface area contributed by atoms with E-state index in [4.69, 9.17) is 0 Å². The number of carbonyl (C=O) groups is 1. The van der Waals surface area contributed by atoms with Crippen LogP contribution in [0.3, 0.4) is 0 Å². The van der Waals surface area contributed by atoms with Crippen molar-refractivity contribution in [2.24, 2.45) is 5.41 Å². The van der Waals surface area contributed by atoms with Crippen molar-refractivity contribution >= 4 is 17.3 Å². The average Bonchev–Trinajstić information content (AvgIpc) is 2.40. The number of carbonyl (C=O) groups excluding carboxylic acids is 1. The van der Waals surface area contributed by atoms with Crippen molar-refractivity contribution in [2.75, 3.05) is 18.4 Å². The topological polar surface area (TPSA) is 84.3 Å². The van der Waals surface area contributed by atoms with Gasteiger partial charge in [0.15, 0.2) is 0 Å². The Morgan fingerprint density at radius 3 is 2.33 bits per heavy atom. The second-order valence-corrected chi connectivity index (χ2v) is 6.50. The SMILES string of the molecule is CC(C)(C)CC(=O)NCCNc1ccc(C(F)(F)F)cc1[N+](=O)[O-]. The third kappa shape index (κ3) is 6.43. The summed E-state index contributed by atoms with van der Waals surface area (Å²) in [4.78, 5) is 21.7. The average molecular weight is 347 g/mol. The molecule has 0 heterocycles. The molecule has 0 aromatic heterocycles. The van der Waals surface area contributed by atoms with Crippen molar-refractivity contribution in [1.82, 2.24) is 5.32 Å². The summed E-state index contributed by atoms with van der Waals surface area (Å²) in [7, 11) is 0. The van der Waals surface area contributed by atoms with Crippen LogP contribution >= 0.6 is 0 Å². The van der Waals surface area contributed by atoms with Crippen molar-refractivity contribution in [2.45, 2.75) is 33.4 Å². The first-order chi connectivity index (χ1) is 10.9. The van der Waals surface area contributed by atoms with Gasteiger partial charge in [-0.25, -0.2) is 0 Å². The molecule has 1 rings (SSSR count). The molecule has 0 saturated heterocycles. The van der Waals surface area contributed by atoms with Crippen LogP contribution < -0.4 is 10.6 Å². The minimum absolute atomic E-state index is 0.0296. The van der Waals surface area contributed by atoms with Gasteiger partial charge < -0.3 is 10.6 Å². The second-order valence-electron chi connectivity index (χ2n) is 6.50. The molecule has 0 aliphatic carbocycles. The highest BCUT2D eigenvalue weighted by Crippen LogP contribution is 2.34. The molecule has 0 atom stereocenters. The van der Waals surface area contributed by atoms with Gasteiger partial charge in [0, 0.05) is 25.6 Å². The van der Waals surface area contributed by atoms with Crippen molar-refractivity contribution in [3.63, 3.8) is 0 Å². The summed E-state index contributed by atoms with van der Waals surface area (Å²) in [6.07, 6.45) is -4.32. The highest BCUT2D eigenvalue weighted by molar-refractivity contribution is 5.76. The second kappa shape index (κ2) is 7.50. The molecule has 2 N–H and O–H groups in total. The first-order valence-electron chi connectivity index (χ1n) is 7.26. The maximum absolute atomic E-state index is 12.6. The Hall–Kier alpha value is -2.32. The number of anilines is 1. The molecule has 0 fully saturated rings. The number of nitrogens with zero attached hydrogens (tertiary/aromatic N) is 1. The number of rotatable bonds is 6. The first kappa shape index (κ1) is 19.7. The van der Waals surface area contributed by atoms with Crippen LogP contribution in [-0.4, -0.2) is 23.9 Å². The van der Waals surface area contributed by atoms with E-state index in [-0.39, 0.29) is 30.1 Å². The molecular formula is C15H20F3N3O3. The minimum Gasteiger partial charge on any atom is -0.378 e. The number of benzene rings is 1. The van der Waals surface area contributed by atoms with E-state index in [0.29, 0.717) is 12.5 Å². The predicted molar refractivity (Wildman–Crippen MR) is 83.7 cm³/mol. The Morgan fingerprint density at radius 2 is 1.83 bits per heavy atom. The lowest BCUT2D eigenvalue weighted by atomic mass is 9.92. The summed E-state index contributed by atoms with van der Waals surface area (Å²) < 4.78 is 37.8. The van der Waals surface area contributed by atoms with Crippen LogP contribution in [0.4, 0.5) is 24.5 Å². The summed E-state index contributed by atoms with van der Waals surface area (Å²) in [5.41, 5.74) is -1.94. The van der Waals surface area contributed by atoms with Gasteiger partial charge in [0.2, 0.25) is 5.91 Å². The molecule has 0 bridgehead atoms. The highest BCUT2D eigenvalue weighted by atomic mass is 19.4. The maximum Gasteiger partial charge on any atom is 0.416 e. The minimum atomic E-state index is -4.65. The highest BCUT2D eigenvalue weighted by Gasteiger charge is 2.33. The maximum atomic E-state index is 12.6. The molecule has 1 amide bonds. The normalized spacial score (nSPS) is 11.9. The van der Waals surface area contributed by atoms with Crippen LogP contribution in [0.5, 0.6) is 0 Å². The van der Waals surface area contributed by atoms with Gasteiger partial charge in [0.1, 0.15) is 5.69 Å². The zero-order valence-corrected chi connectivity index (χ0v) is 13.7. The van der Waals surface area contributed by atoms with Gasteiger partial charge in [-0.15, -0.1) is 0 Å². The summed E-state index contributed by atoms with van der Waals surface area (Å²) >= 11 is 0. The zero-order valence-electron chi connectivity index (χ0n) is 13.7. The lowest BCUT2D eigenvalue weighted by Gasteiger charge is -2.17. The van der Waals surface area contributed by atoms with Crippen molar-refractivity contribution < 1.29 is 22.9 Å². The van der Waals surface area contributed by atoms with Crippen LogP contribution in [-0.2, 0) is 11.0 Å². The van der Waals surface area contributed by atoms with Gasteiger partial charge in [-0.1, -0.05) is 20.8 Å². The third-order valence-electron chi connectivity index (χ3n) is 2.98. The molecule has 0 aliphatic rings. The molecule has 1 aromatic carbocycles. The number of hydrogen-bond acceptors (Lipinski definition) is 4. The largest absolute Gasteiger partial charge is 0.416 e. The van der Waals surface area contributed by atoms with E-state index in [9.17, 15) is 28.1 Å². The van der Waals surface area contributed by atoms with Gasteiger partial charge in [-0.3, -0.25) is 14.9 Å². The van der Waals surface area contributed by atoms with Gasteiger partial charge in [0.25, 0.3) is 5.69 Å². The van der Waals surface area contributed by atoms with Crippen LogP contribution in [0.25, 0.3) is 0 Å².